The molecule has 0 aromatic heterocycles. The lowest BCUT2D eigenvalue weighted by atomic mass is 9.91. The Hall–Kier alpha value is -0.160. The fourth-order valence-electron chi connectivity index (χ4n) is 3.56. The summed E-state index contributed by atoms with van der Waals surface area (Å²) in [6, 6.07) is 0.692. The van der Waals surface area contributed by atoms with Crippen LogP contribution in [0.2, 0.25) is 0 Å². The molecule has 0 amide bonds. The number of nitrogens with zero attached hydrogens (tertiary/aromatic N) is 2. The van der Waals surface area contributed by atoms with E-state index in [4.69, 9.17) is 0 Å². The quantitative estimate of drug-likeness (QED) is 0.672. The number of rotatable bonds is 9. The van der Waals surface area contributed by atoms with Crippen LogP contribution < -0.4 is 5.32 Å². The van der Waals surface area contributed by atoms with Gasteiger partial charge in [0.25, 0.3) is 0 Å². The molecule has 20 heavy (non-hydrogen) atoms. The molecule has 120 valence electrons. The lowest BCUT2D eigenvalue weighted by Crippen LogP contribution is -2.48. The van der Waals surface area contributed by atoms with Crippen molar-refractivity contribution in [2.24, 2.45) is 5.92 Å². The molecule has 0 spiro atoms. The number of hydrogen-bond acceptors (Lipinski definition) is 4. The van der Waals surface area contributed by atoms with Gasteiger partial charge in [0.1, 0.15) is 0 Å². The van der Waals surface area contributed by atoms with E-state index in [-0.39, 0.29) is 12.1 Å². The van der Waals surface area contributed by atoms with Gasteiger partial charge in [-0.1, -0.05) is 20.8 Å². The van der Waals surface area contributed by atoms with Crippen LogP contribution in [0.25, 0.3) is 0 Å². The molecular formula is C16H35N3O. The number of likely N-dealkylation sites (N-methyl/N-ethyl adjacent to an activating group) is 2. The lowest BCUT2D eigenvalue weighted by Gasteiger charge is -2.32. The van der Waals surface area contributed by atoms with E-state index in [1.165, 1.54) is 13.1 Å². The van der Waals surface area contributed by atoms with E-state index >= 15 is 0 Å². The van der Waals surface area contributed by atoms with Crippen molar-refractivity contribution in [1.29, 1.82) is 0 Å². The standard InChI is InChI=1S/C16H35N3O/c1-6-16(13-20,17-7-2)9-8-10-19-11-14(3)15(12-19)18(4)5/h14-15,17,20H,6-13H2,1-5H3. The summed E-state index contributed by atoms with van der Waals surface area (Å²) in [5.41, 5.74) is -0.0684. The molecule has 1 saturated heterocycles. The first-order valence-electron chi connectivity index (χ1n) is 8.22. The average Bonchev–Trinajstić information content (AvgIpc) is 2.79. The Balaban J connectivity index is 2.37. The van der Waals surface area contributed by atoms with Crippen molar-refractivity contribution in [3.63, 3.8) is 0 Å². The van der Waals surface area contributed by atoms with Gasteiger partial charge in [0, 0.05) is 24.7 Å². The highest BCUT2D eigenvalue weighted by Crippen LogP contribution is 2.22. The number of likely N-dealkylation sites (tertiary alicyclic amines) is 1. The zero-order valence-electron chi connectivity index (χ0n) is 14.2. The predicted molar refractivity (Wildman–Crippen MR) is 86.1 cm³/mol. The summed E-state index contributed by atoms with van der Waals surface area (Å²) in [5.74, 6) is 0.757. The van der Waals surface area contributed by atoms with Crippen molar-refractivity contribution in [2.45, 2.75) is 51.6 Å². The van der Waals surface area contributed by atoms with Crippen LogP contribution in [0.1, 0.15) is 40.0 Å². The minimum Gasteiger partial charge on any atom is -0.394 e. The fourth-order valence-corrected chi connectivity index (χ4v) is 3.56. The zero-order chi connectivity index (χ0) is 15.2. The van der Waals surface area contributed by atoms with Gasteiger partial charge in [-0.05, 0) is 52.4 Å². The van der Waals surface area contributed by atoms with Crippen LogP contribution in [0.15, 0.2) is 0 Å². The van der Waals surface area contributed by atoms with E-state index < -0.39 is 0 Å². The molecule has 3 atom stereocenters. The minimum atomic E-state index is -0.0684. The van der Waals surface area contributed by atoms with Gasteiger partial charge in [0.15, 0.2) is 0 Å². The van der Waals surface area contributed by atoms with E-state index in [0.29, 0.717) is 6.04 Å². The molecule has 0 radical (unpaired) electrons. The van der Waals surface area contributed by atoms with Crippen LogP contribution in [0.5, 0.6) is 0 Å². The second-order valence-electron chi connectivity index (χ2n) is 6.69. The largest absolute Gasteiger partial charge is 0.394 e. The van der Waals surface area contributed by atoms with Gasteiger partial charge in [-0.3, -0.25) is 0 Å². The Kier molecular flexibility index (Phi) is 7.45. The summed E-state index contributed by atoms with van der Waals surface area (Å²) in [7, 11) is 4.37. The van der Waals surface area contributed by atoms with Crippen LogP contribution in [-0.4, -0.2) is 73.4 Å². The molecular weight excluding hydrogens is 250 g/mol. The molecule has 0 aromatic carbocycles. The van der Waals surface area contributed by atoms with Crippen molar-refractivity contribution in [1.82, 2.24) is 15.1 Å². The van der Waals surface area contributed by atoms with Gasteiger partial charge in [-0.25, -0.2) is 0 Å². The van der Waals surface area contributed by atoms with Gasteiger partial charge < -0.3 is 20.2 Å². The maximum absolute atomic E-state index is 9.67. The first-order valence-corrected chi connectivity index (χ1v) is 8.22. The first-order chi connectivity index (χ1) is 9.48. The Morgan fingerprint density at radius 1 is 1.30 bits per heavy atom. The second kappa shape index (κ2) is 8.32. The Labute approximate surface area is 125 Å². The highest BCUT2D eigenvalue weighted by atomic mass is 16.3. The third kappa shape index (κ3) is 4.69. The Morgan fingerprint density at radius 2 is 2.00 bits per heavy atom. The van der Waals surface area contributed by atoms with Crippen LogP contribution >= 0.6 is 0 Å². The molecule has 4 nitrogen and oxygen atoms in total. The lowest BCUT2D eigenvalue weighted by molar-refractivity contribution is 0.141. The summed E-state index contributed by atoms with van der Waals surface area (Å²) in [6.07, 6.45) is 3.22. The normalized spacial score (nSPS) is 27.1. The van der Waals surface area contributed by atoms with Gasteiger partial charge in [-0.15, -0.1) is 0 Å². The molecule has 1 heterocycles. The third-order valence-electron chi connectivity index (χ3n) is 4.97. The second-order valence-corrected chi connectivity index (χ2v) is 6.69. The summed E-state index contributed by atoms with van der Waals surface area (Å²) < 4.78 is 0. The molecule has 0 bridgehead atoms. The number of aliphatic hydroxyl groups excluding tert-OH is 1. The van der Waals surface area contributed by atoms with Crippen molar-refractivity contribution in [2.75, 3.05) is 46.9 Å². The fraction of sp³-hybridized carbons (Fsp3) is 1.00. The molecule has 4 heteroatoms. The summed E-state index contributed by atoms with van der Waals surface area (Å²) >= 11 is 0. The maximum Gasteiger partial charge on any atom is 0.0613 e. The highest BCUT2D eigenvalue weighted by molar-refractivity contribution is 4.89. The third-order valence-corrected chi connectivity index (χ3v) is 4.97. The zero-order valence-corrected chi connectivity index (χ0v) is 14.2. The maximum atomic E-state index is 9.67. The topological polar surface area (TPSA) is 38.7 Å². The molecule has 0 saturated carbocycles. The predicted octanol–water partition coefficient (Wildman–Crippen LogP) is 1.40. The van der Waals surface area contributed by atoms with Gasteiger partial charge >= 0.3 is 0 Å². The SMILES string of the molecule is CCNC(CC)(CO)CCCN1CC(C)C(N(C)C)C1. The smallest absolute Gasteiger partial charge is 0.0613 e. The van der Waals surface area contributed by atoms with E-state index in [1.54, 1.807) is 0 Å². The average molecular weight is 285 g/mol. The Bertz CT molecular complexity index is 266. The summed E-state index contributed by atoms with van der Waals surface area (Å²) in [4.78, 5) is 4.94. The van der Waals surface area contributed by atoms with E-state index in [1.807, 2.05) is 0 Å². The van der Waals surface area contributed by atoms with E-state index in [9.17, 15) is 5.11 Å². The van der Waals surface area contributed by atoms with Crippen LogP contribution in [0, 0.1) is 5.92 Å². The van der Waals surface area contributed by atoms with Crippen molar-refractivity contribution < 1.29 is 5.11 Å². The van der Waals surface area contributed by atoms with Crippen LogP contribution in [0.4, 0.5) is 0 Å². The number of hydrogen-bond donors (Lipinski definition) is 2. The van der Waals surface area contributed by atoms with Crippen molar-refractivity contribution in [3.05, 3.63) is 0 Å². The van der Waals surface area contributed by atoms with Crippen LogP contribution in [0.3, 0.4) is 0 Å². The molecule has 1 aliphatic rings. The minimum absolute atomic E-state index is 0.0684. The van der Waals surface area contributed by atoms with Gasteiger partial charge in [-0.2, -0.15) is 0 Å². The Morgan fingerprint density at radius 3 is 2.45 bits per heavy atom. The highest BCUT2D eigenvalue weighted by Gasteiger charge is 2.31. The van der Waals surface area contributed by atoms with Gasteiger partial charge in [0.2, 0.25) is 0 Å². The number of nitrogens with one attached hydrogen (secondary N) is 1. The molecule has 1 fully saturated rings. The molecule has 1 rings (SSSR count). The molecule has 3 unspecified atom stereocenters. The van der Waals surface area contributed by atoms with E-state index in [0.717, 1.165) is 38.3 Å². The van der Waals surface area contributed by atoms with Crippen LogP contribution in [-0.2, 0) is 0 Å². The summed E-state index contributed by atoms with van der Waals surface area (Å²) in [5, 5.41) is 13.2. The first kappa shape index (κ1) is 17.9. The summed E-state index contributed by atoms with van der Waals surface area (Å²) in [6.45, 7) is 11.4. The monoisotopic (exact) mass is 285 g/mol. The molecule has 1 aliphatic heterocycles. The van der Waals surface area contributed by atoms with E-state index in [2.05, 4.69) is 50.0 Å². The molecule has 0 aromatic rings. The van der Waals surface area contributed by atoms with Crippen molar-refractivity contribution >= 4 is 0 Å². The van der Waals surface area contributed by atoms with Crippen molar-refractivity contribution in [3.8, 4) is 0 Å². The molecule has 0 aliphatic carbocycles. The molecule has 2 N–H and O–H groups in total. The number of aliphatic hydroxyl groups is 1. The van der Waals surface area contributed by atoms with Gasteiger partial charge in [0.05, 0.1) is 6.61 Å².